The third-order valence-corrected chi connectivity index (χ3v) is 1.98. The van der Waals surface area contributed by atoms with Crippen LogP contribution < -0.4 is 56.3 Å². The normalized spacial score (nSPS) is 7.69. The smallest absolute Gasteiger partial charge is 1.00 e. The van der Waals surface area contributed by atoms with Crippen LogP contribution in [0.15, 0.2) is 18.3 Å². The van der Waals surface area contributed by atoms with Crippen molar-refractivity contribution >= 4 is 54.7 Å². The molecule has 3 nitrogen and oxygen atoms in total. The molecule has 60 valence electrons. The number of aliphatic carboxylic acids is 1. The number of hydrogen-bond acceptors (Lipinski definition) is 3. The minimum atomic E-state index is -1.08. The Hall–Kier alpha value is 1.89. The molecule has 0 aromatic carbocycles. The Morgan fingerprint density at radius 2 is 2.00 bits per heavy atom. The summed E-state index contributed by atoms with van der Waals surface area (Å²) in [7, 11) is 0. The van der Waals surface area contributed by atoms with E-state index in [1.54, 1.807) is 0 Å². The van der Waals surface area contributed by atoms with Gasteiger partial charge in [0, 0.05) is 5.97 Å². The van der Waals surface area contributed by atoms with Crippen LogP contribution in [-0.2, 0) is 4.79 Å². The van der Waals surface area contributed by atoms with Gasteiger partial charge in [-0.05, 0) is 6.92 Å². The van der Waals surface area contributed by atoms with Gasteiger partial charge >= 0.3 is 136 Å². The van der Waals surface area contributed by atoms with Crippen molar-refractivity contribution in [2.75, 3.05) is 0 Å². The van der Waals surface area contributed by atoms with Gasteiger partial charge in [-0.1, -0.05) is 0 Å². The van der Waals surface area contributed by atoms with Crippen LogP contribution in [0.25, 0.3) is 0 Å². The Morgan fingerprint density at radius 3 is 2.23 bits per heavy atom. The van der Waals surface area contributed by atoms with E-state index in [4.69, 9.17) is 9.90 Å². The number of carbonyl (C=O) groups excluding carboxylic acids is 1. The molecule has 0 unspecified atom stereocenters. The van der Waals surface area contributed by atoms with Gasteiger partial charge in [-0.25, -0.2) is 0 Å². The minimum absolute atomic E-state index is 0. The molecule has 0 saturated carbocycles. The Bertz CT molecular complexity index is 224. The molecule has 1 rings (SSSR count). The number of carboxylic acid groups (broad SMARTS) is 1. The molecule has 0 radical (unpaired) electrons. The Morgan fingerprint density at radius 1 is 1.54 bits per heavy atom. The van der Waals surface area contributed by atoms with Crippen molar-refractivity contribution in [3.05, 3.63) is 23.9 Å². The summed E-state index contributed by atoms with van der Waals surface area (Å²) in [5.41, 5.74) is 1.25. The molecular weight excluding hydrogens is 220 g/mol. The molecule has 0 amide bonds. The maximum absolute atomic E-state index is 8.89. The molecule has 0 bridgehead atoms. The summed E-state index contributed by atoms with van der Waals surface area (Å²) in [6.45, 7) is 3.03. The van der Waals surface area contributed by atoms with Gasteiger partial charge in [-0.3, -0.25) is 0 Å². The van der Waals surface area contributed by atoms with Gasteiger partial charge < -0.3 is 9.90 Å². The molecule has 1 aromatic rings. The van der Waals surface area contributed by atoms with Crippen LogP contribution in [0.2, 0.25) is 0 Å². The van der Waals surface area contributed by atoms with Crippen molar-refractivity contribution in [2.24, 2.45) is 0 Å². The average Bonchev–Trinajstić information content (AvgIpc) is 1.94. The monoisotopic (exact) mass is 229 g/mol. The van der Waals surface area contributed by atoms with E-state index in [0.29, 0.717) is 0 Å². The molecule has 13 heavy (non-hydrogen) atoms. The van der Waals surface area contributed by atoms with E-state index >= 15 is 0 Å². The van der Waals surface area contributed by atoms with E-state index in [1.165, 1.54) is 5.35 Å². The quantitative estimate of drug-likeness (QED) is 0.426. The van der Waals surface area contributed by atoms with Crippen molar-refractivity contribution < 1.29 is 61.3 Å². The SMILES string of the molecule is CC(=O)[O-].Cc1cc[c]([K])nc1.[K+]. The summed E-state index contributed by atoms with van der Waals surface area (Å²) in [5, 5.41) is 8.89. The summed E-state index contributed by atoms with van der Waals surface area (Å²) < 4.78 is 1.27. The minimum Gasteiger partial charge on any atom is 1.00 e. The van der Waals surface area contributed by atoms with E-state index in [2.05, 4.69) is 24.0 Å². The summed E-state index contributed by atoms with van der Waals surface area (Å²) in [5.74, 6) is -1.08. The molecule has 0 N–H and O–H groups in total. The standard InChI is InChI=1S/C6H6N.C2H4O2.2K/c1-6-3-2-4-7-5-6;1-2(3)4;;/h2-3,5H,1H3;1H3,(H,3,4);;/q;;;+1/p-1. The molecule has 0 spiro atoms. The van der Waals surface area contributed by atoms with Gasteiger partial charge in [0.15, 0.2) is 0 Å². The number of carboxylic acids is 1. The summed E-state index contributed by atoms with van der Waals surface area (Å²) >= 11 is 0.737. The van der Waals surface area contributed by atoms with Crippen molar-refractivity contribution in [3.63, 3.8) is 0 Å². The predicted molar refractivity (Wildman–Crippen MR) is 45.0 cm³/mol. The van der Waals surface area contributed by atoms with Gasteiger partial charge in [0.25, 0.3) is 0 Å². The molecular formula is C8H9K2NO2. The summed E-state index contributed by atoms with van der Waals surface area (Å²) in [6, 6.07) is 4.20. The van der Waals surface area contributed by atoms with Crippen LogP contribution in [0.1, 0.15) is 12.5 Å². The van der Waals surface area contributed by atoms with E-state index in [0.717, 1.165) is 55.9 Å². The first-order valence-electron chi connectivity index (χ1n) is 3.59. The van der Waals surface area contributed by atoms with Gasteiger partial charge in [-0.15, -0.1) is 0 Å². The average molecular weight is 229 g/mol. The third kappa shape index (κ3) is 13.9. The van der Waals surface area contributed by atoms with Gasteiger partial charge in [0.05, 0.1) is 0 Å². The zero-order valence-electron chi connectivity index (χ0n) is 8.50. The molecule has 1 heterocycles. The van der Waals surface area contributed by atoms with Gasteiger partial charge in [0.1, 0.15) is 0 Å². The van der Waals surface area contributed by atoms with E-state index in [9.17, 15) is 0 Å². The first kappa shape index (κ1) is 17.3. The van der Waals surface area contributed by atoms with E-state index in [-0.39, 0.29) is 51.4 Å². The zero-order valence-corrected chi connectivity index (χ0v) is 14.7. The van der Waals surface area contributed by atoms with Crippen LogP contribution in [0.5, 0.6) is 0 Å². The Kier molecular flexibility index (Phi) is 13.8. The molecule has 0 aliphatic carbocycles. The molecule has 0 atom stereocenters. The number of aryl methyl sites for hydroxylation is 1. The molecule has 0 aliphatic heterocycles. The first-order valence-corrected chi connectivity index (χ1v) is 5.15. The molecule has 1 aromatic heterocycles. The van der Waals surface area contributed by atoms with Crippen molar-refractivity contribution in [1.29, 1.82) is 0 Å². The van der Waals surface area contributed by atoms with Gasteiger partial charge in [-0.2, -0.15) is 0 Å². The van der Waals surface area contributed by atoms with Crippen molar-refractivity contribution in [1.82, 2.24) is 4.98 Å². The van der Waals surface area contributed by atoms with Crippen LogP contribution >= 0.6 is 0 Å². The second kappa shape index (κ2) is 10.4. The molecule has 0 aliphatic rings. The fourth-order valence-electron chi connectivity index (χ4n) is 0.542. The number of aromatic nitrogens is 1. The van der Waals surface area contributed by atoms with E-state index < -0.39 is 5.97 Å². The number of hydrogen-bond donors (Lipinski definition) is 0. The maximum atomic E-state index is 8.89. The zero-order chi connectivity index (χ0) is 9.56. The van der Waals surface area contributed by atoms with Crippen LogP contribution in [0.4, 0.5) is 0 Å². The first-order chi connectivity index (χ1) is 5.52. The molecule has 5 heteroatoms. The molecule has 0 fully saturated rings. The van der Waals surface area contributed by atoms with E-state index in [1.807, 2.05) is 6.20 Å². The number of nitrogens with zero attached hydrogens (tertiary/aromatic N) is 1. The van der Waals surface area contributed by atoms with Gasteiger partial charge in [0.2, 0.25) is 0 Å². The fourth-order valence-corrected chi connectivity index (χ4v) is 1.00. The van der Waals surface area contributed by atoms with Crippen LogP contribution in [0.3, 0.4) is 0 Å². The maximum Gasteiger partial charge on any atom is 1.00 e. The Balaban J connectivity index is 0. The van der Waals surface area contributed by atoms with Crippen molar-refractivity contribution in [3.8, 4) is 0 Å². The number of pyridine rings is 1. The Labute approximate surface area is 155 Å². The number of rotatable bonds is 0. The number of carbonyl (C=O) groups is 1. The summed E-state index contributed by atoms with van der Waals surface area (Å²) in [4.78, 5) is 13.1. The van der Waals surface area contributed by atoms with Crippen molar-refractivity contribution in [2.45, 2.75) is 13.8 Å². The summed E-state index contributed by atoms with van der Waals surface area (Å²) in [6.07, 6.45) is 1.92. The third-order valence-electron chi connectivity index (χ3n) is 1.06. The predicted octanol–water partition coefficient (Wildman–Crippen LogP) is -4.06. The largest absolute Gasteiger partial charge is 1.00 e. The topological polar surface area (TPSA) is 53.0 Å². The molecule has 0 saturated heterocycles. The fraction of sp³-hybridized carbons (Fsp3) is 0.250. The second-order valence-corrected chi connectivity index (χ2v) is 4.07. The second-order valence-electron chi connectivity index (χ2n) is 2.47. The van der Waals surface area contributed by atoms with Crippen LogP contribution in [-0.4, -0.2) is 59.9 Å². The van der Waals surface area contributed by atoms with Crippen LogP contribution in [0, 0.1) is 6.92 Å².